The molecule has 0 saturated carbocycles. The van der Waals surface area contributed by atoms with Gasteiger partial charge in [-0.1, -0.05) is 79.1 Å². The molecule has 0 heterocycles. The fourth-order valence-electron chi connectivity index (χ4n) is 3.80. The van der Waals surface area contributed by atoms with Gasteiger partial charge in [-0.15, -0.1) is 0 Å². The number of nitrogens with zero attached hydrogens (tertiary/aromatic N) is 4. The standard InChI is InChI=1S/C26H58N12/c1-5-9-15-21(7-3)19-33-37-25(29)35-23(27)31-17-13-11-12-14-18-32-24(28)36-26(30)38-34-20-22(8-4)16-10-6-2/h21-22,33-34H,5-20H2,1-4H3,(H5,27,29,31,35,37)(H5,28,30,32,36,38). The van der Waals surface area contributed by atoms with Crippen molar-refractivity contribution in [2.24, 2.45) is 54.7 Å². The normalized spacial score (nSPS) is 14.9. The van der Waals surface area contributed by atoms with E-state index in [-0.39, 0.29) is 23.8 Å². The molecule has 0 aromatic carbocycles. The first-order valence-electron chi connectivity index (χ1n) is 14.6. The quantitative estimate of drug-likeness (QED) is 0.0471. The molecule has 0 aliphatic carbocycles. The first kappa shape index (κ1) is 35.4. The molecule has 2 atom stereocenters. The summed E-state index contributed by atoms with van der Waals surface area (Å²) in [5.41, 5.74) is 35.5. The van der Waals surface area contributed by atoms with E-state index in [1.165, 1.54) is 38.5 Å². The Morgan fingerprint density at radius 1 is 0.579 bits per heavy atom. The summed E-state index contributed by atoms with van der Waals surface area (Å²) in [5.74, 6) is 2.03. The van der Waals surface area contributed by atoms with Gasteiger partial charge in [0.25, 0.3) is 0 Å². The van der Waals surface area contributed by atoms with Crippen LogP contribution in [0.2, 0.25) is 0 Å². The van der Waals surface area contributed by atoms with Gasteiger partial charge in [-0.3, -0.25) is 20.8 Å². The average molecular weight is 539 g/mol. The first-order valence-corrected chi connectivity index (χ1v) is 14.6. The molecule has 38 heavy (non-hydrogen) atoms. The summed E-state index contributed by atoms with van der Waals surface area (Å²) in [4.78, 5) is 16.7. The van der Waals surface area contributed by atoms with E-state index in [2.05, 4.69) is 69.4 Å². The minimum atomic E-state index is 0.178. The van der Waals surface area contributed by atoms with Gasteiger partial charge in [-0.2, -0.15) is 9.98 Å². The highest BCUT2D eigenvalue weighted by Gasteiger charge is 2.06. The number of hydrazine groups is 2. The summed E-state index contributed by atoms with van der Waals surface area (Å²) < 4.78 is 0. The zero-order valence-electron chi connectivity index (χ0n) is 24.6. The molecule has 0 fully saturated rings. The van der Waals surface area contributed by atoms with E-state index in [0.29, 0.717) is 24.9 Å². The number of unbranched alkanes of at least 4 members (excludes halogenated alkanes) is 5. The van der Waals surface area contributed by atoms with Crippen LogP contribution in [0, 0.1) is 11.8 Å². The predicted octanol–water partition coefficient (Wildman–Crippen LogP) is 2.43. The number of nitrogens with one attached hydrogen (secondary N) is 4. The van der Waals surface area contributed by atoms with E-state index in [4.69, 9.17) is 22.9 Å². The molecule has 2 unspecified atom stereocenters. The van der Waals surface area contributed by atoms with Crippen molar-refractivity contribution in [2.45, 2.75) is 105 Å². The van der Waals surface area contributed by atoms with Gasteiger partial charge in [0.1, 0.15) is 0 Å². The molecule has 0 bridgehead atoms. The van der Waals surface area contributed by atoms with Crippen molar-refractivity contribution in [3.8, 4) is 0 Å². The summed E-state index contributed by atoms with van der Waals surface area (Å²) >= 11 is 0. The minimum absolute atomic E-state index is 0.178. The lowest BCUT2D eigenvalue weighted by molar-refractivity contribution is 0.410. The van der Waals surface area contributed by atoms with E-state index < -0.39 is 0 Å². The molecular formula is C26H58N12. The minimum Gasteiger partial charge on any atom is -0.368 e. The van der Waals surface area contributed by atoms with E-state index >= 15 is 0 Å². The fraction of sp³-hybridized carbons (Fsp3) is 0.846. The molecule has 12 N–H and O–H groups in total. The number of rotatable bonds is 21. The van der Waals surface area contributed by atoms with Gasteiger partial charge in [0.05, 0.1) is 0 Å². The molecule has 0 saturated heterocycles. The van der Waals surface area contributed by atoms with Crippen molar-refractivity contribution in [3.63, 3.8) is 0 Å². The van der Waals surface area contributed by atoms with Crippen molar-refractivity contribution in [1.29, 1.82) is 0 Å². The van der Waals surface area contributed by atoms with Crippen LogP contribution < -0.4 is 44.6 Å². The van der Waals surface area contributed by atoms with Gasteiger partial charge >= 0.3 is 0 Å². The van der Waals surface area contributed by atoms with Gasteiger partial charge in [0, 0.05) is 26.2 Å². The molecule has 222 valence electrons. The van der Waals surface area contributed by atoms with E-state index in [1.807, 2.05) is 0 Å². The second kappa shape index (κ2) is 24.7. The summed E-state index contributed by atoms with van der Waals surface area (Å²) in [5, 5.41) is 0. The smallest absolute Gasteiger partial charge is 0.218 e. The molecule has 0 aromatic heterocycles. The summed E-state index contributed by atoms with van der Waals surface area (Å²) in [6.45, 7) is 11.7. The van der Waals surface area contributed by atoms with Crippen LogP contribution in [0.1, 0.15) is 105 Å². The maximum atomic E-state index is 5.87. The van der Waals surface area contributed by atoms with Crippen LogP contribution >= 0.6 is 0 Å². The van der Waals surface area contributed by atoms with Crippen molar-refractivity contribution >= 4 is 23.8 Å². The second-order valence-corrected chi connectivity index (χ2v) is 9.73. The third-order valence-corrected chi connectivity index (χ3v) is 6.38. The Labute approximate surface area is 231 Å². The first-order chi connectivity index (χ1) is 18.4. The Morgan fingerprint density at radius 2 is 0.974 bits per heavy atom. The van der Waals surface area contributed by atoms with Crippen LogP contribution in [0.15, 0.2) is 20.0 Å². The Kier molecular flexibility index (Phi) is 23.0. The van der Waals surface area contributed by atoms with E-state index in [0.717, 1.165) is 51.6 Å². The number of aliphatic imine (C=N–C) groups is 4. The van der Waals surface area contributed by atoms with Crippen LogP contribution in [0.25, 0.3) is 0 Å². The molecule has 12 heteroatoms. The van der Waals surface area contributed by atoms with E-state index in [1.54, 1.807) is 0 Å². The van der Waals surface area contributed by atoms with Gasteiger partial charge in [-0.25, -0.2) is 10.9 Å². The second-order valence-electron chi connectivity index (χ2n) is 9.73. The highest BCUT2D eigenvalue weighted by molar-refractivity contribution is 5.93. The summed E-state index contributed by atoms with van der Waals surface area (Å²) in [6, 6.07) is 0. The van der Waals surface area contributed by atoms with Crippen LogP contribution in [-0.4, -0.2) is 50.0 Å². The number of guanidine groups is 4. The molecule has 0 aromatic rings. The highest BCUT2D eigenvalue weighted by atomic mass is 15.4. The van der Waals surface area contributed by atoms with Crippen LogP contribution in [0.5, 0.6) is 0 Å². The largest absolute Gasteiger partial charge is 0.368 e. The fourth-order valence-corrected chi connectivity index (χ4v) is 3.80. The predicted molar refractivity (Wildman–Crippen MR) is 164 cm³/mol. The molecule has 0 rings (SSSR count). The molecule has 0 spiro atoms. The Balaban J connectivity index is 4.03. The molecule has 0 aliphatic rings. The highest BCUT2D eigenvalue weighted by Crippen LogP contribution is 2.11. The molecule has 0 radical (unpaired) electrons. The number of hydrogen-bond donors (Lipinski definition) is 8. The number of nitrogens with two attached hydrogens (primary N) is 4. The summed E-state index contributed by atoms with van der Waals surface area (Å²) in [6.07, 6.45) is 13.4. The SMILES string of the molecule is CCCCC(CC)CNN/C(N)=N/C(N)=NCCCCCCN=C(N)/N=C(\N)NNCC(CC)CCCC. The average Bonchev–Trinajstić information content (AvgIpc) is 2.89. The zero-order chi connectivity index (χ0) is 28.4. The lowest BCUT2D eigenvalue weighted by Crippen LogP contribution is -2.45. The maximum Gasteiger partial charge on any atom is 0.218 e. The number of hydrogen-bond acceptors (Lipinski definition) is 4. The van der Waals surface area contributed by atoms with Gasteiger partial charge in [0.15, 0.2) is 0 Å². The monoisotopic (exact) mass is 538 g/mol. The van der Waals surface area contributed by atoms with E-state index in [9.17, 15) is 0 Å². The van der Waals surface area contributed by atoms with Crippen molar-refractivity contribution in [3.05, 3.63) is 0 Å². The topological polar surface area (TPSA) is 202 Å². The summed E-state index contributed by atoms with van der Waals surface area (Å²) in [7, 11) is 0. The van der Waals surface area contributed by atoms with Crippen LogP contribution in [-0.2, 0) is 0 Å². The third kappa shape index (κ3) is 21.5. The lowest BCUT2D eigenvalue weighted by atomic mass is 10.00. The lowest BCUT2D eigenvalue weighted by Gasteiger charge is -2.15. The third-order valence-electron chi connectivity index (χ3n) is 6.38. The Hall–Kier alpha value is -2.60. The van der Waals surface area contributed by atoms with Crippen LogP contribution in [0.4, 0.5) is 0 Å². The van der Waals surface area contributed by atoms with Gasteiger partial charge in [-0.05, 0) is 37.5 Å². The van der Waals surface area contributed by atoms with Crippen molar-refractivity contribution in [1.82, 2.24) is 21.7 Å². The molecule has 0 amide bonds. The molecule has 0 aliphatic heterocycles. The van der Waals surface area contributed by atoms with Crippen molar-refractivity contribution < 1.29 is 0 Å². The van der Waals surface area contributed by atoms with Gasteiger partial charge in [0.2, 0.25) is 23.8 Å². The Bertz CT molecular complexity index is 632. The molecular weight excluding hydrogens is 480 g/mol. The van der Waals surface area contributed by atoms with Crippen LogP contribution in [0.3, 0.4) is 0 Å². The van der Waals surface area contributed by atoms with Crippen molar-refractivity contribution in [2.75, 3.05) is 26.2 Å². The Morgan fingerprint density at radius 3 is 1.32 bits per heavy atom. The zero-order valence-corrected chi connectivity index (χ0v) is 24.6. The molecule has 12 nitrogen and oxygen atoms in total. The van der Waals surface area contributed by atoms with Gasteiger partial charge < -0.3 is 22.9 Å². The maximum absolute atomic E-state index is 5.87.